The lowest BCUT2D eigenvalue weighted by atomic mass is 10.1. The maximum atomic E-state index is 12.7. The third-order valence-electron chi connectivity index (χ3n) is 3.67. The van der Waals surface area contributed by atoms with Crippen molar-refractivity contribution < 1.29 is 19.8 Å². The number of rotatable bonds is 3. The van der Waals surface area contributed by atoms with Crippen molar-refractivity contribution in [2.75, 3.05) is 4.90 Å². The first-order valence-corrected chi connectivity index (χ1v) is 8.50. The summed E-state index contributed by atoms with van der Waals surface area (Å²) in [5.41, 5.74) is 1.83. The summed E-state index contributed by atoms with van der Waals surface area (Å²) in [6, 6.07) is 11.3. The number of thiocarbonyl (C=S) groups is 1. The minimum Gasteiger partial charge on any atom is -0.508 e. The van der Waals surface area contributed by atoms with Gasteiger partial charge >= 0.3 is 5.97 Å². The van der Waals surface area contributed by atoms with Crippen LogP contribution >= 0.6 is 24.0 Å². The molecule has 3 rings (SSSR count). The Morgan fingerprint density at radius 3 is 2.68 bits per heavy atom. The molecule has 0 aliphatic carbocycles. The fourth-order valence-corrected chi connectivity index (χ4v) is 3.73. The lowest BCUT2D eigenvalue weighted by Crippen LogP contribution is -2.27. The van der Waals surface area contributed by atoms with Crippen LogP contribution in [0.4, 0.5) is 5.69 Å². The first-order chi connectivity index (χ1) is 11.9. The third-order valence-corrected chi connectivity index (χ3v) is 4.97. The zero-order valence-corrected chi connectivity index (χ0v) is 14.7. The smallest absolute Gasteiger partial charge is 0.336 e. The molecule has 1 aliphatic heterocycles. The fraction of sp³-hybridized carbons (Fsp3) is 0.0556. The molecule has 25 heavy (non-hydrogen) atoms. The Balaban J connectivity index is 1.97. The van der Waals surface area contributed by atoms with Crippen molar-refractivity contribution >= 4 is 51.9 Å². The van der Waals surface area contributed by atoms with Crippen molar-refractivity contribution in [1.29, 1.82) is 0 Å². The quantitative estimate of drug-likeness (QED) is 0.631. The van der Waals surface area contributed by atoms with Crippen LogP contribution < -0.4 is 4.90 Å². The first-order valence-electron chi connectivity index (χ1n) is 7.28. The normalized spacial score (nSPS) is 15.9. The summed E-state index contributed by atoms with van der Waals surface area (Å²) in [6.07, 6.45) is 1.64. The van der Waals surface area contributed by atoms with E-state index in [1.165, 1.54) is 11.0 Å². The molecule has 0 unspecified atom stereocenters. The maximum absolute atomic E-state index is 12.7. The number of benzene rings is 2. The number of aryl methyl sites for hydroxylation is 1. The predicted octanol–water partition coefficient (Wildman–Crippen LogP) is 3.80. The first kappa shape index (κ1) is 17.2. The summed E-state index contributed by atoms with van der Waals surface area (Å²) in [6.45, 7) is 1.69. The zero-order valence-electron chi connectivity index (χ0n) is 13.1. The van der Waals surface area contributed by atoms with Gasteiger partial charge in [-0.3, -0.25) is 9.69 Å². The second kappa shape index (κ2) is 6.70. The van der Waals surface area contributed by atoms with Gasteiger partial charge in [0, 0.05) is 0 Å². The van der Waals surface area contributed by atoms with Gasteiger partial charge in [-0.2, -0.15) is 0 Å². The van der Waals surface area contributed by atoms with Crippen LogP contribution in [-0.4, -0.2) is 26.4 Å². The van der Waals surface area contributed by atoms with Crippen LogP contribution in [0.2, 0.25) is 0 Å². The molecule has 2 N–H and O–H groups in total. The number of aromatic hydroxyl groups is 1. The van der Waals surface area contributed by atoms with Crippen molar-refractivity contribution in [1.82, 2.24) is 0 Å². The largest absolute Gasteiger partial charge is 0.508 e. The molecule has 0 aromatic heterocycles. The van der Waals surface area contributed by atoms with E-state index < -0.39 is 5.97 Å². The van der Waals surface area contributed by atoms with Gasteiger partial charge in [-0.1, -0.05) is 42.2 Å². The molecular formula is C18H13NO4S2. The van der Waals surface area contributed by atoms with Crippen LogP contribution in [0.25, 0.3) is 6.08 Å². The number of carboxylic acids is 1. The minimum atomic E-state index is -1.06. The SMILES string of the molecule is Cc1ccc(N2C(=O)C(=Cc3cccc(O)c3)SC2=S)cc1C(=O)O. The number of carboxylic acid groups (broad SMARTS) is 1. The molecule has 7 heteroatoms. The van der Waals surface area contributed by atoms with Gasteiger partial charge in [0.1, 0.15) is 5.75 Å². The Labute approximate surface area is 153 Å². The molecule has 2 aromatic rings. The summed E-state index contributed by atoms with van der Waals surface area (Å²) in [5, 5.41) is 18.8. The van der Waals surface area contributed by atoms with E-state index in [-0.39, 0.29) is 17.2 Å². The van der Waals surface area contributed by atoms with Gasteiger partial charge in [-0.05, 0) is 48.4 Å². The van der Waals surface area contributed by atoms with Crippen LogP contribution in [0.1, 0.15) is 21.5 Å². The molecule has 0 spiro atoms. The van der Waals surface area contributed by atoms with Gasteiger partial charge in [0.2, 0.25) is 0 Å². The van der Waals surface area contributed by atoms with Gasteiger partial charge in [0.05, 0.1) is 16.2 Å². The Morgan fingerprint density at radius 2 is 2.00 bits per heavy atom. The molecule has 126 valence electrons. The van der Waals surface area contributed by atoms with E-state index in [4.69, 9.17) is 12.2 Å². The molecule has 5 nitrogen and oxygen atoms in total. The lowest BCUT2D eigenvalue weighted by molar-refractivity contribution is -0.113. The number of anilines is 1. The molecule has 2 aromatic carbocycles. The average molecular weight is 371 g/mol. The maximum Gasteiger partial charge on any atom is 0.336 e. The highest BCUT2D eigenvalue weighted by Gasteiger charge is 2.33. The molecule has 1 fully saturated rings. The van der Waals surface area contributed by atoms with Crippen molar-refractivity contribution in [3.63, 3.8) is 0 Å². The molecule has 0 radical (unpaired) electrons. The van der Waals surface area contributed by atoms with Crippen LogP contribution in [0.15, 0.2) is 47.4 Å². The number of hydrogen-bond acceptors (Lipinski definition) is 5. The van der Waals surface area contributed by atoms with Gasteiger partial charge in [-0.25, -0.2) is 4.79 Å². The molecule has 0 atom stereocenters. The number of aromatic carboxylic acids is 1. The monoisotopic (exact) mass is 371 g/mol. The molecule has 0 saturated carbocycles. The van der Waals surface area contributed by atoms with Crippen LogP contribution in [0.5, 0.6) is 5.75 Å². The third kappa shape index (κ3) is 3.42. The van der Waals surface area contributed by atoms with Crippen LogP contribution in [0, 0.1) is 6.92 Å². The number of hydrogen-bond donors (Lipinski definition) is 2. The summed E-state index contributed by atoms with van der Waals surface area (Å²) < 4.78 is 0.330. The van der Waals surface area contributed by atoms with Gasteiger partial charge in [0.15, 0.2) is 4.32 Å². The zero-order chi connectivity index (χ0) is 18.1. The van der Waals surface area contributed by atoms with Gasteiger partial charge in [-0.15, -0.1) is 0 Å². The number of phenolic OH excluding ortho intramolecular Hbond substituents is 1. The molecule has 1 heterocycles. The van der Waals surface area contributed by atoms with Crippen molar-refractivity contribution in [3.8, 4) is 5.75 Å². The Kier molecular flexibility index (Phi) is 4.61. The molecule has 1 amide bonds. The number of carbonyl (C=O) groups is 2. The number of phenols is 1. The van der Waals surface area contributed by atoms with Crippen LogP contribution in [0.3, 0.4) is 0 Å². The molecule has 0 bridgehead atoms. The fourth-order valence-electron chi connectivity index (χ4n) is 2.44. The molecule has 1 aliphatic rings. The van der Waals surface area contributed by atoms with Crippen LogP contribution in [-0.2, 0) is 4.79 Å². The average Bonchev–Trinajstić information content (AvgIpc) is 2.82. The highest BCUT2D eigenvalue weighted by atomic mass is 32.2. The predicted molar refractivity (Wildman–Crippen MR) is 102 cm³/mol. The van der Waals surface area contributed by atoms with Gasteiger partial charge < -0.3 is 10.2 Å². The van der Waals surface area contributed by atoms with E-state index in [0.717, 1.165) is 11.8 Å². The number of thioether (sulfide) groups is 1. The highest BCUT2D eigenvalue weighted by Crippen LogP contribution is 2.36. The Hall–Kier alpha value is -2.64. The second-order valence-corrected chi connectivity index (χ2v) is 7.09. The number of carbonyl (C=O) groups excluding carboxylic acids is 1. The summed E-state index contributed by atoms with van der Waals surface area (Å²) >= 11 is 6.43. The Morgan fingerprint density at radius 1 is 1.24 bits per heavy atom. The van der Waals surface area contributed by atoms with Crippen molar-refractivity contribution in [2.24, 2.45) is 0 Å². The number of nitrogens with zero attached hydrogens (tertiary/aromatic N) is 1. The second-order valence-electron chi connectivity index (χ2n) is 5.42. The van der Waals surface area contributed by atoms with Crippen molar-refractivity contribution in [2.45, 2.75) is 6.92 Å². The summed E-state index contributed by atoms with van der Waals surface area (Å²) in [5.74, 6) is -1.27. The summed E-state index contributed by atoms with van der Waals surface area (Å²) in [4.78, 5) is 25.8. The van der Waals surface area contributed by atoms with E-state index in [1.807, 2.05) is 0 Å². The van der Waals surface area contributed by atoms with E-state index in [1.54, 1.807) is 49.4 Å². The Bertz CT molecular complexity index is 936. The van der Waals surface area contributed by atoms with E-state index in [0.29, 0.717) is 26.0 Å². The summed E-state index contributed by atoms with van der Waals surface area (Å²) in [7, 11) is 0. The van der Waals surface area contributed by atoms with E-state index >= 15 is 0 Å². The minimum absolute atomic E-state index is 0.105. The van der Waals surface area contributed by atoms with Gasteiger partial charge in [0.25, 0.3) is 5.91 Å². The van der Waals surface area contributed by atoms with Crippen molar-refractivity contribution in [3.05, 3.63) is 64.1 Å². The highest BCUT2D eigenvalue weighted by molar-refractivity contribution is 8.27. The van der Waals surface area contributed by atoms with E-state index in [9.17, 15) is 19.8 Å². The standard InChI is InChI=1S/C18H13NO4S2/c1-10-5-6-12(9-14(10)17(22)23)19-16(21)15(25-18(19)24)8-11-3-2-4-13(20)7-11/h2-9,20H,1H3,(H,22,23). The topological polar surface area (TPSA) is 77.8 Å². The molecule has 1 saturated heterocycles. The lowest BCUT2D eigenvalue weighted by Gasteiger charge is -2.15. The van der Waals surface area contributed by atoms with E-state index in [2.05, 4.69) is 0 Å². The number of amides is 1. The molecular weight excluding hydrogens is 358 g/mol.